The molecule has 1 aromatic carbocycles. The van der Waals surface area contributed by atoms with Crippen LogP contribution in [0.2, 0.25) is 0 Å². The summed E-state index contributed by atoms with van der Waals surface area (Å²) in [4.78, 5) is 23.4. The Morgan fingerprint density at radius 2 is 2.12 bits per heavy atom. The van der Waals surface area contributed by atoms with Gasteiger partial charge < -0.3 is 15.3 Å². The van der Waals surface area contributed by atoms with Crippen LogP contribution >= 0.6 is 0 Å². The summed E-state index contributed by atoms with van der Waals surface area (Å²) in [5.74, 6) is 0.195. The van der Waals surface area contributed by atoms with Crippen LogP contribution in [0.25, 0.3) is 33.5 Å². The molecule has 1 atom stereocenters. The Morgan fingerprint density at radius 3 is 2.88 bits per heavy atom. The molecule has 0 saturated heterocycles. The van der Waals surface area contributed by atoms with Crippen molar-refractivity contribution in [3.8, 4) is 11.4 Å². The van der Waals surface area contributed by atoms with E-state index in [0.29, 0.717) is 45.2 Å². The van der Waals surface area contributed by atoms with Crippen LogP contribution < -0.4 is 10.9 Å². The number of H-pyrrole nitrogens is 2. The highest BCUT2D eigenvalue weighted by Gasteiger charge is 2.21. The number of hydrogen-bond acceptors (Lipinski definition) is 4. The van der Waals surface area contributed by atoms with Gasteiger partial charge in [0, 0.05) is 13.2 Å². The third-order valence-electron chi connectivity index (χ3n) is 4.38. The van der Waals surface area contributed by atoms with Crippen LogP contribution in [0.15, 0.2) is 35.2 Å². The van der Waals surface area contributed by atoms with E-state index in [1.165, 1.54) is 0 Å². The monoisotopic (exact) mass is 347 g/mol. The van der Waals surface area contributed by atoms with Crippen LogP contribution in [0.1, 0.15) is 15.2 Å². The number of pyridine rings is 1. The summed E-state index contributed by atoms with van der Waals surface area (Å²) in [6, 6.07) is 5.45. The first-order valence-corrected chi connectivity index (χ1v) is 8.42. The van der Waals surface area contributed by atoms with Gasteiger partial charge >= 0.3 is 0 Å². The summed E-state index contributed by atoms with van der Waals surface area (Å²) in [5, 5.41) is 7.72. The lowest BCUT2D eigenvalue weighted by Crippen LogP contribution is -2.27. The van der Waals surface area contributed by atoms with E-state index in [2.05, 4.69) is 25.4 Å². The Bertz CT molecular complexity index is 1210. The van der Waals surface area contributed by atoms with E-state index in [4.69, 9.17) is 9.22 Å². The fourth-order valence-electron chi connectivity index (χ4n) is 2.90. The second kappa shape index (κ2) is 6.05. The number of aromatic nitrogens is 5. The predicted octanol–water partition coefficient (Wildman–Crippen LogP) is 2.37. The Hall–Kier alpha value is -3.03. The predicted molar refractivity (Wildman–Crippen MR) is 104 cm³/mol. The molecular formula is C18H19BN6O. The molecule has 3 aromatic heterocycles. The average Bonchev–Trinajstić information content (AvgIpc) is 3.16. The second-order valence-corrected chi connectivity index (χ2v) is 6.71. The van der Waals surface area contributed by atoms with Gasteiger partial charge in [-0.05, 0) is 24.0 Å². The van der Waals surface area contributed by atoms with E-state index in [0.717, 1.165) is 0 Å². The molecule has 4 aromatic rings. The van der Waals surface area contributed by atoms with E-state index in [9.17, 15) is 4.79 Å². The Balaban J connectivity index is 1.99. The number of benzene rings is 1. The fourth-order valence-corrected chi connectivity index (χ4v) is 2.90. The maximum Gasteiger partial charge on any atom is 0.261 e. The van der Waals surface area contributed by atoms with Gasteiger partial charge in [-0.25, -0.2) is 4.98 Å². The number of aryl methyl sites for hydroxylation is 1. The second-order valence-electron chi connectivity index (χ2n) is 6.71. The van der Waals surface area contributed by atoms with Crippen molar-refractivity contribution >= 4 is 35.6 Å². The van der Waals surface area contributed by atoms with Crippen LogP contribution in [-0.4, -0.2) is 38.5 Å². The number of fused-ring (bicyclic) bond motifs is 2. The molecule has 3 heterocycles. The van der Waals surface area contributed by atoms with Gasteiger partial charge in [0.05, 0.1) is 31.5 Å². The van der Waals surface area contributed by atoms with Crippen LogP contribution in [0, 0.1) is 5.92 Å². The molecule has 0 aliphatic rings. The molecule has 8 heteroatoms. The SMILES string of the molecule is [2H]c1ccc2nc(-c3c(NC([B])C(C)C)c4nn(C)cc4[nH]c3=O)[nH]c2c1. The molecule has 0 aliphatic heterocycles. The maximum absolute atomic E-state index is 12.9. The number of imidazole rings is 1. The molecule has 0 aliphatic carbocycles. The van der Waals surface area contributed by atoms with Gasteiger partial charge in [0.2, 0.25) is 0 Å². The van der Waals surface area contributed by atoms with Gasteiger partial charge in [-0.15, -0.1) is 0 Å². The standard InChI is InChI=1S/C18H19BN6O/c1-9(2)16(19)23-15-13(17-20-10-6-4-5-7-11(10)21-17)18(26)22-12-8-25(3)24-14(12)15/h4-9,16,23H,1-3H3,(H,20,21)(H,22,26)/i4D. The van der Waals surface area contributed by atoms with Crippen molar-refractivity contribution in [2.75, 3.05) is 5.32 Å². The van der Waals surface area contributed by atoms with Crippen LogP contribution in [0.3, 0.4) is 0 Å². The molecule has 0 fully saturated rings. The van der Waals surface area contributed by atoms with Crippen molar-refractivity contribution in [1.29, 1.82) is 0 Å². The number of nitrogens with one attached hydrogen (secondary N) is 3. The summed E-state index contributed by atoms with van der Waals surface area (Å²) >= 11 is 0. The van der Waals surface area contributed by atoms with Gasteiger partial charge in [0.15, 0.2) is 0 Å². The van der Waals surface area contributed by atoms with Crippen molar-refractivity contribution in [2.24, 2.45) is 13.0 Å². The van der Waals surface area contributed by atoms with E-state index in [1.54, 1.807) is 36.1 Å². The topological polar surface area (TPSA) is 91.4 Å². The zero-order valence-corrected chi connectivity index (χ0v) is 14.8. The Labute approximate surface area is 152 Å². The van der Waals surface area contributed by atoms with Crippen molar-refractivity contribution in [2.45, 2.75) is 19.8 Å². The van der Waals surface area contributed by atoms with Crippen molar-refractivity contribution in [1.82, 2.24) is 24.7 Å². The van der Waals surface area contributed by atoms with Gasteiger partial charge in [-0.2, -0.15) is 5.10 Å². The van der Waals surface area contributed by atoms with Crippen LogP contribution in [-0.2, 0) is 7.05 Å². The number of rotatable bonds is 4. The summed E-state index contributed by atoms with van der Waals surface area (Å²) in [5.41, 5.74) is 3.21. The smallest absolute Gasteiger partial charge is 0.261 e. The molecule has 4 rings (SSSR count). The highest BCUT2D eigenvalue weighted by Crippen LogP contribution is 2.30. The van der Waals surface area contributed by atoms with Crippen molar-refractivity contribution in [3.63, 3.8) is 0 Å². The minimum Gasteiger partial charge on any atom is -0.388 e. The highest BCUT2D eigenvalue weighted by atomic mass is 16.1. The first kappa shape index (κ1) is 15.2. The number of nitrogens with zero attached hydrogens (tertiary/aromatic N) is 3. The van der Waals surface area contributed by atoms with Crippen LogP contribution in [0.5, 0.6) is 0 Å². The molecular weight excluding hydrogens is 327 g/mol. The third kappa shape index (κ3) is 2.67. The number of anilines is 1. The molecule has 26 heavy (non-hydrogen) atoms. The lowest BCUT2D eigenvalue weighted by Gasteiger charge is -2.21. The first-order chi connectivity index (χ1) is 12.8. The van der Waals surface area contributed by atoms with E-state index < -0.39 is 0 Å². The first-order valence-electron chi connectivity index (χ1n) is 8.92. The minimum absolute atomic E-state index is 0.150. The molecule has 0 bridgehead atoms. The van der Waals surface area contributed by atoms with Crippen LogP contribution in [0.4, 0.5) is 5.69 Å². The molecule has 130 valence electrons. The lowest BCUT2D eigenvalue weighted by atomic mass is 9.85. The van der Waals surface area contributed by atoms with E-state index >= 15 is 0 Å². The molecule has 7 nitrogen and oxygen atoms in total. The fraction of sp³-hybridized carbons (Fsp3) is 0.278. The zero-order chi connectivity index (χ0) is 19.3. The molecule has 2 radical (unpaired) electrons. The zero-order valence-electron chi connectivity index (χ0n) is 15.8. The summed E-state index contributed by atoms with van der Waals surface area (Å²) in [6.45, 7) is 3.99. The molecule has 3 N–H and O–H groups in total. The largest absolute Gasteiger partial charge is 0.388 e. The third-order valence-corrected chi connectivity index (χ3v) is 4.38. The van der Waals surface area contributed by atoms with Gasteiger partial charge in [0.1, 0.15) is 16.9 Å². The number of para-hydroxylation sites is 2. The quantitative estimate of drug-likeness (QED) is 0.494. The van der Waals surface area contributed by atoms with Crippen molar-refractivity contribution < 1.29 is 1.37 Å². The van der Waals surface area contributed by atoms with E-state index in [1.807, 2.05) is 13.8 Å². The Kier molecular flexibility index (Phi) is 3.55. The minimum atomic E-state index is -0.361. The molecule has 0 spiro atoms. The Morgan fingerprint density at radius 1 is 1.31 bits per heavy atom. The summed E-state index contributed by atoms with van der Waals surface area (Å²) in [6.07, 6.45) is 1.75. The van der Waals surface area contributed by atoms with Gasteiger partial charge in [-0.3, -0.25) is 9.48 Å². The normalized spacial score (nSPS) is 13.5. The average molecular weight is 347 g/mol. The van der Waals surface area contributed by atoms with Gasteiger partial charge in [-0.1, -0.05) is 26.0 Å². The molecule has 0 amide bonds. The van der Waals surface area contributed by atoms with Crippen molar-refractivity contribution in [3.05, 3.63) is 40.8 Å². The number of aromatic amines is 2. The number of hydrogen-bond donors (Lipinski definition) is 3. The van der Waals surface area contributed by atoms with E-state index in [-0.39, 0.29) is 17.4 Å². The maximum atomic E-state index is 12.9. The molecule has 1 unspecified atom stereocenters. The lowest BCUT2D eigenvalue weighted by molar-refractivity contribution is 0.643. The van der Waals surface area contributed by atoms with Gasteiger partial charge in [0.25, 0.3) is 5.56 Å². The molecule has 0 saturated carbocycles. The summed E-state index contributed by atoms with van der Waals surface area (Å²) < 4.78 is 9.41. The highest BCUT2D eigenvalue weighted by molar-refractivity contribution is 6.14. The summed E-state index contributed by atoms with van der Waals surface area (Å²) in [7, 11) is 8.02.